The number of methoxy groups -OCH3 is 1. The average Bonchev–Trinajstić information content (AvgIpc) is 2.34. The number of ether oxygens (including phenoxy) is 1. The lowest BCUT2D eigenvalue weighted by molar-refractivity contribution is 0.199. The molecule has 0 spiro atoms. The first-order chi connectivity index (χ1) is 8.60. The Labute approximate surface area is 117 Å². The van der Waals surface area contributed by atoms with Crippen LogP contribution in [0.4, 0.5) is 5.69 Å². The van der Waals surface area contributed by atoms with Gasteiger partial charge in [-0.05, 0) is 40.5 Å². The molecular formula is C14H20BrNO2. The number of nitrogens with zero attached hydrogens (tertiary/aromatic N) is 1. The molecule has 0 radical (unpaired) electrons. The summed E-state index contributed by atoms with van der Waals surface area (Å²) < 4.78 is 6.08. The Morgan fingerprint density at radius 1 is 1.56 bits per heavy atom. The SMILES string of the molecule is C=CCN(CCOC)c1ccc([C@H](C)O)cc1Br. The van der Waals surface area contributed by atoms with E-state index in [9.17, 15) is 5.11 Å². The van der Waals surface area contributed by atoms with Crippen molar-refractivity contribution in [2.75, 3.05) is 31.7 Å². The minimum absolute atomic E-state index is 0.456. The van der Waals surface area contributed by atoms with Crippen molar-refractivity contribution in [1.29, 1.82) is 0 Å². The number of hydrogen-bond donors (Lipinski definition) is 1. The molecule has 4 heteroatoms. The maximum absolute atomic E-state index is 9.55. The molecule has 0 aliphatic carbocycles. The van der Waals surface area contributed by atoms with Crippen LogP contribution in [0.25, 0.3) is 0 Å². The van der Waals surface area contributed by atoms with Crippen LogP contribution >= 0.6 is 15.9 Å². The zero-order valence-corrected chi connectivity index (χ0v) is 12.5. The number of aliphatic hydroxyl groups excluding tert-OH is 1. The number of benzene rings is 1. The number of aliphatic hydroxyl groups is 1. The van der Waals surface area contributed by atoms with E-state index in [0.29, 0.717) is 6.61 Å². The van der Waals surface area contributed by atoms with Crippen molar-refractivity contribution in [3.05, 3.63) is 40.9 Å². The standard InChI is InChI=1S/C14H20BrNO2/c1-4-7-16(8-9-18-3)14-6-5-12(11(2)17)10-13(14)15/h4-6,10-11,17H,1,7-9H2,2-3H3/t11-/m0/s1. The number of halogens is 1. The largest absolute Gasteiger partial charge is 0.389 e. The van der Waals surface area contributed by atoms with Crippen LogP contribution in [0.5, 0.6) is 0 Å². The molecule has 1 aromatic carbocycles. The van der Waals surface area contributed by atoms with E-state index in [2.05, 4.69) is 27.4 Å². The first-order valence-corrected chi connectivity index (χ1v) is 6.71. The average molecular weight is 314 g/mol. The van der Waals surface area contributed by atoms with E-state index in [0.717, 1.165) is 28.8 Å². The molecule has 18 heavy (non-hydrogen) atoms. The molecule has 0 unspecified atom stereocenters. The van der Waals surface area contributed by atoms with Gasteiger partial charge in [-0.2, -0.15) is 0 Å². The zero-order chi connectivity index (χ0) is 13.5. The Kier molecular flexibility index (Phi) is 6.39. The molecular weight excluding hydrogens is 294 g/mol. The predicted molar refractivity (Wildman–Crippen MR) is 79.1 cm³/mol. The third kappa shape index (κ3) is 4.12. The van der Waals surface area contributed by atoms with Gasteiger partial charge in [0, 0.05) is 24.7 Å². The molecule has 0 fully saturated rings. The highest BCUT2D eigenvalue weighted by atomic mass is 79.9. The summed E-state index contributed by atoms with van der Waals surface area (Å²) >= 11 is 3.55. The molecule has 1 rings (SSSR count). The first kappa shape index (κ1) is 15.2. The van der Waals surface area contributed by atoms with Crippen molar-refractivity contribution in [3.63, 3.8) is 0 Å². The predicted octanol–water partition coefficient (Wildman–Crippen LogP) is 3.14. The van der Waals surface area contributed by atoms with E-state index >= 15 is 0 Å². The summed E-state index contributed by atoms with van der Waals surface area (Å²) in [4.78, 5) is 2.17. The van der Waals surface area contributed by atoms with E-state index in [-0.39, 0.29) is 0 Å². The Hall–Kier alpha value is -0.840. The Morgan fingerprint density at radius 3 is 2.78 bits per heavy atom. The smallest absolute Gasteiger partial charge is 0.0762 e. The highest BCUT2D eigenvalue weighted by molar-refractivity contribution is 9.10. The van der Waals surface area contributed by atoms with Gasteiger partial charge < -0.3 is 14.7 Å². The van der Waals surface area contributed by atoms with Crippen LogP contribution in [0.3, 0.4) is 0 Å². The molecule has 0 aliphatic heterocycles. The molecule has 1 N–H and O–H groups in total. The van der Waals surface area contributed by atoms with Crippen LogP contribution in [0.2, 0.25) is 0 Å². The second kappa shape index (κ2) is 7.56. The summed E-state index contributed by atoms with van der Waals surface area (Å²) in [5.41, 5.74) is 1.98. The van der Waals surface area contributed by atoms with Crippen LogP contribution < -0.4 is 4.90 Å². The molecule has 0 heterocycles. The maximum atomic E-state index is 9.55. The van der Waals surface area contributed by atoms with Crippen molar-refractivity contribution in [2.45, 2.75) is 13.0 Å². The van der Waals surface area contributed by atoms with Gasteiger partial charge in [-0.15, -0.1) is 6.58 Å². The molecule has 0 aromatic heterocycles. The van der Waals surface area contributed by atoms with Gasteiger partial charge in [0.05, 0.1) is 18.4 Å². The molecule has 0 saturated heterocycles. The van der Waals surface area contributed by atoms with Gasteiger partial charge in [0.2, 0.25) is 0 Å². The quantitative estimate of drug-likeness (QED) is 0.785. The summed E-state index contributed by atoms with van der Waals surface area (Å²) in [6.45, 7) is 7.76. The van der Waals surface area contributed by atoms with Gasteiger partial charge >= 0.3 is 0 Å². The second-order valence-corrected chi connectivity index (χ2v) is 4.97. The fourth-order valence-corrected chi connectivity index (χ4v) is 2.35. The number of hydrogen-bond acceptors (Lipinski definition) is 3. The molecule has 0 saturated carbocycles. The minimum Gasteiger partial charge on any atom is -0.389 e. The van der Waals surface area contributed by atoms with Gasteiger partial charge in [-0.3, -0.25) is 0 Å². The highest BCUT2D eigenvalue weighted by Gasteiger charge is 2.10. The fraction of sp³-hybridized carbons (Fsp3) is 0.429. The molecule has 0 amide bonds. The first-order valence-electron chi connectivity index (χ1n) is 5.92. The third-order valence-electron chi connectivity index (χ3n) is 2.71. The molecule has 100 valence electrons. The van der Waals surface area contributed by atoms with Gasteiger partial charge in [0.1, 0.15) is 0 Å². The topological polar surface area (TPSA) is 32.7 Å². The lowest BCUT2D eigenvalue weighted by Crippen LogP contribution is -2.27. The van der Waals surface area contributed by atoms with Crippen molar-refractivity contribution in [3.8, 4) is 0 Å². The van der Waals surface area contributed by atoms with E-state index < -0.39 is 6.10 Å². The summed E-state index contributed by atoms with van der Waals surface area (Å²) in [5, 5.41) is 9.55. The summed E-state index contributed by atoms with van der Waals surface area (Å²) in [7, 11) is 1.69. The molecule has 1 atom stereocenters. The van der Waals surface area contributed by atoms with Crippen LogP contribution in [0, 0.1) is 0 Å². The molecule has 0 bridgehead atoms. The maximum Gasteiger partial charge on any atom is 0.0762 e. The van der Waals surface area contributed by atoms with Gasteiger partial charge in [-0.1, -0.05) is 12.1 Å². The van der Waals surface area contributed by atoms with E-state index in [1.165, 1.54) is 0 Å². The Balaban J connectivity index is 2.93. The van der Waals surface area contributed by atoms with Crippen molar-refractivity contribution >= 4 is 21.6 Å². The summed E-state index contributed by atoms with van der Waals surface area (Å²) in [5.74, 6) is 0. The van der Waals surface area contributed by atoms with Crippen LogP contribution in [0.1, 0.15) is 18.6 Å². The highest BCUT2D eigenvalue weighted by Crippen LogP contribution is 2.29. The van der Waals surface area contributed by atoms with Crippen LogP contribution in [-0.4, -0.2) is 31.9 Å². The van der Waals surface area contributed by atoms with Crippen LogP contribution in [0.15, 0.2) is 35.3 Å². The minimum atomic E-state index is -0.456. The lowest BCUT2D eigenvalue weighted by Gasteiger charge is -2.24. The van der Waals surface area contributed by atoms with Crippen molar-refractivity contribution < 1.29 is 9.84 Å². The van der Waals surface area contributed by atoms with Gasteiger partial charge in [-0.25, -0.2) is 0 Å². The Bertz CT molecular complexity index is 393. The lowest BCUT2D eigenvalue weighted by atomic mass is 10.1. The molecule has 0 aliphatic rings. The Morgan fingerprint density at radius 2 is 2.28 bits per heavy atom. The van der Waals surface area contributed by atoms with Crippen molar-refractivity contribution in [2.24, 2.45) is 0 Å². The summed E-state index contributed by atoms with van der Waals surface area (Å²) in [6.07, 6.45) is 1.41. The number of rotatable bonds is 7. The number of anilines is 1. The zero-order valence-electron chi connectivity index (χ0n) is 10.9. The normalized spacial score (nSPS) is 12.2. The molecule has 1 aromatic rings. The van der Waals surface area contributed by atoms with E-state index in [4.69, 9.17) is 4.74 Å². The van der Waals surface area contributed by atoms with E-state index in [1.807, 2.05) is 24.3 Å². The van der Waals surface area contributed by atoms with E-state index in [1.54, 1.807) is 14.0 Å². The second-order valence-electron chi connectivity index (χ2n) is 4.11. The molecule has 3 nitrogen and oxygen atoms in total. The van der Waals surface area contributed by atoms with Crippen molar-refractivity contribution in [1.82, 2.24) is 0 Å². The van der Waals surface area contributed by atoms with Gasteiger partial charge in [0.25, 0.3) is 0 Å². The summed E-state index contributed by atoms with van der Waals surface area (Å²) in [6, 6.07) is 5.89. The third-order valence-corrected chi connectivity index (χ3v) is 3.34. The fourth-order valence-electron chi connectivity index (χ4n) is 1.71. The van der Waals surface area contributed by atoms with Crippen LogP contribution in [-0.2, 0) is 4.74 Å². The van der Waals surface area contributed by atoms with Gasteiger partial charge in [0.15, 0.2) is 0 Å². The monoisotopic (exact) mass is 313 g/mol.